The van der Waals surface area contributed by atoms with Crippen molar-refractivity contribution in [3.05, 3.63) is 84.3 Å². The first-order valence-corrected chi connectivity index (χ1v) is 10.3. The summed E-state index contributed by atoms with van der Waals surface area (Å²) >= 11 is 0. The van der Waals surface area contributed by atoms with Crippen LogP contribution in [0, 0.1) is 17.5 Å². The van der Waals surface area contributed by atoms with Crippen LogP contribution in [0.2, 0.25) is 0 Å². The number of aromatic amines is 1. The maximum Gasteiger partial charge on any atom is 0.265 e. The van der Waals surface area contributed by atoms with Crippen LogP contribution in [-0.4, -0.2) is 50.8 Å². The molecule has 1 aromatic heterocycles. The summed E-state index contributed by atoms with van der Waals surface area (Å²) in [6, 6.07) is 5.51. The fourth-order valence-corrected chi connectivity index (χ4v) is 3.67. The summed E-state index contributed by atoms with van der Waals surface area (Å²) in [5.74, 6) is -9.66. The molecule has 1 heterocycles. The molecule has 0 fully saturated rings. The van der Waals surface area contributed by atoms with Gasteiger partial charge in [-0.3, -0.25) is 0 Å². The molecule has 0 aliphatic heterocycles. The number of aromatic nitrogens is 1. The Labute approximate surface area is 193 Å². The van der Waals surface area contributed by atoms with E-state index < -0.39 is 46.3 Å². The molecule has 0 saturated heterocycles. The molecule has 0 radical (unpaired) electrons. The van der Waals surface area contributed by atoms with Crippen molar-refractivity contribution in [2.24, 2.45) is 0 Å². The van der Waals surface area contributed by atoms with E-state index in [1.807, 2.05) is 0 Å². The predicted molar refractivity (Wildman–Crippen MR) is 122 cm³/mol. The SMILES string of the molecule is C=CC(CCNC)NC(=C)C(O)(O)C(O)(O)c1c(-c2ccc(F)cc2)[nH]c2c(F)cc(F)cc12. The van der Waals surface area contributed by atoms with Crippen LogP contribution < -0.4 is 10.6 Å². The third-order valence-electron chi connectivity index (χ3n) is 5.56. The lowest BCUT2D eigenvalue weighted by atomic mass is 9.90. The first kappa shape index (κ1) is 25.5. The smallest absolute Gasteiger partial charge is 0.265 e. The molecule has 0 aliphatic rings. The molecule has 34 heavy (non-hydrogen) atoms. The summed E-state index contributed by atoms with van der Waals surface area (Å²) in [4.78, 5) is 2.61. The lowest BCUT2D eigenvalue weighted by Crippen LogP contribution is -2.57. The molecule has 2 aromatic carbocycles. The number of hydrogen-bond donors (Lipinski definition) is 7. The first-order chi connectivity index (χ1) is 15.9. The van der Waals surface area contributed by atoms with E-state index in [9.17, 15) is 33.6 Å². The highest BCUT2D eigenvalue weighted by Crippen LogP contribution is 2.43. The maximum absolute atomic E-state index is 14.5. The van der Waals surface area contributed by atoms with E-state index in [2.05, 4.69) is 28.8 Å². The van der Waals surface area contributed by atoms with Crippen LogP contribution in [0.25, 0.3) is 22.2 Å². The van der Waals surface area contributed by atoms with Gasteiger partial charge in [0.25, 0.3) is 11.6 Å². The zero-order chi connectivity index (χ0) is 25.3. The fourth-order valence-electron chi connectivity index (χ4n) is 3.67. The second kappa shape index (κ2) is 9.61. The van der Waals surface area contributed by atoms with Gasteiger partial charge in [-0.25, -0.2) is 13.2 Å². The lowest BCUT2D eigenvalue weighted by Gasteiger charge is -2.38. The van der Waals surface area contributed by atoms with Gasteiger partial charge in [-0.05, 0) is 55.9 Å². The van der Waals surface area contributed by atoms with Gasteiger partial charge in [0.05, 0.1) is 22.5 Å². The highest BCUT2D eigenvalue weighted by atomic mass is 19.1. The zero-order valence-corrected chi connectivity index (χ0v) is 18.4. The third kappa shape index (κ3) is 4.59. The van der Waals surface area contributed by atoms with Crippen LogP contribution in [-0.2, 0) is 5.79 Å². The van der Waals surface area contributed by atoms with Gasteiger partial charge < -0.3 is 36.0 Å². The van der Waals surface area contributed by atoms with E-state index in [0.717, 1.165) is 18.2 Å². The van der Waals surface area contributed by atoms with Crippen molar-refractivity contribution in [1.29, 1.82) is 0 Å². The van der Waals surface area contributed by atoms with Crippen molar-refractivity contribution in [3.63, 3.8) is 0 Å². The lowest BCUT2D eigenvalue weighted by molar-refractivity contribution is -0.348. The van der Waals surface area contributed by atoms with Gasteiger partial charge in [-0.1, -0.05) is 12.7 Å². The average molecular weight is 477 g/mol. The fraction of sp³-hybridized carbons (Fsp3) is 0.250. The van der Waals surface area contributed by atoms with Crippen molar-refractivity contribution < 1.29 is 33.6 Å². The molecule has 7 N–H and O–H groups in total. The van der Waals surface area contributed by atoms with Gasteiger partial charge in [0.1, 0.15) is 17.5 Å². The Morgan fingerprint density at radius 1 is 1.09 bits per heavy atom. The number of rotatable bonds is 10. The molecule has 1 unspecified atom stereocenters. The summed E-state index contributed by atoms with van der Waals surface area (Å²) < 4.78 is 42.1. The van der Waals surface area contributed by atoms with Crippen molar-refractivity contribution in [2.45, 2.75) is 24.0 Å². The topological polar surface area (TPSA) is 121 Å². The monoisotopic (exact) mass is 477 g/mol. The van der Waals surface area contributed by atoms with Crippen LogP contribution >= 0.6 is 0 Å². The van der Waals surface area contributed by atoms with Crippen molar-refractivity contribution >= 4 is 10.9 Å². The van der Waals surface area contributed by atoms with E-state index in [-0.39, 0.29) is 22.2 Å². The quantitative estimate of drug-likeness (QED) is 0.178. The Balaban J connectivity index is 2.18. The molecule has 0 amide bonds. The predicted octanol–water partition coefficient (Wildman–Crippen LogP) is 2.34. The summed E-state index contributed by atoms with van der Waals surface area (Å²) in [5.41, 5.74) is -1.62. The van der Waals surface area contributed by atoms with E-state index >= 15 is 0 Å². The first-order valence-electron chi connectivity index (χ1n) is 10.3. The number of benzene rings is 2. The van der Waals surface area contributed by atoms with Crippen LogP contribution in [0.15, 0.2) is 61.3 Å². The molecule has 3 aromatic rings. The molecule has 0 bridgehead atoms. The van der Waals surface area contributed by atoms with Gasteiger partial charge in [0.15, 0.2) is 0 Å². The maximum atomic E-state index is 14.5. The summed E-state index contributed by atoms with van der Waals surface area (Å²) in [6.45, 7) is 7.69. The van der Waals surface area contributed by atoms with Crippen molar-refractivity contribution in [3.8, 4) is 11.3 Å². The second-order valence-electron chi connectivity index (χ2n) is 7.89. The van der Waals surface area contributed by atoms with Gasteiger partial charge >= 0.3 is 0 Å². The van der Waals surface area contributed by atoms with Gasteiger partial charge in [0, 0.05) is 17.5 Å². The van der Waals surface area contributed by atoms with E-state index in [1.54, 1.807) is 7.05 Å². The minimum Gasteiger partial charge on any atom is -0.378 e. The molecule has 0 spiro atoms. The molecule has 182 valence electrons. The molecule has 0 saturated carbocycles. The van der Waals surface area contributed by atoms with Gasteiger partial charge in [0.2, 0.25) is 0 Å². The van der Waals surface area contributed by atoms with Crippen molar-refractivity contribution in [2.75, 3.05) is 13.6 Å². The Hall–Kier alpha value is -3.15. The van der Waals surface area contributed by atoms with Crippen LogP contribution in [0.5, 0.6) is 0 Å². The Morgan fingerprint density at radius 2 is 1.74 bits per heavy atom. The number of hydrogen-bond acceptors (Lipinski definition) is 6. The van der Waals surface area contributed by atoms with Gasteiger partial charge in [-0.15, -0.1) is 6.58 Å². The number of halogens is 3. The molecule has 10 heteroatoms. The van der Waals surface area contributed by atoms with Crippen molar-refractivity contribution in [1.82, 2.24) is 15.6 Å². The highest BCUT2D eigenvalue weighted by Gasteiger charge is 2.54. The van der Waals surface area contributed by atoms with Crippen LogP contribution in [0.3, 0.4) is 0 Å². The minimum absolute atomic E-state index is 0.146. The second-order valence-corrected chi connectivity index (χ2v) is 7.89. The molecule has 1 atom stereocenters. The molecule has 7 nitrogen and oxygen atoms in total. The normalized spacial score (nSPS) is 13.2. The summed E-state index contributed by atoms with van der Waals surface area (Å²) in [6.07, 6.45) is 1.92. The standard InChI is InChI=1S/C24H26F3N3O4/c1-4-17(9-10-28-3)29-13(2)23(31,32)24(33,34)20-18-11-16(26)12-19(27)22(18)30-21(20)14-5-7-15(25)8-6-14/h4-8,11-12,17,28-34H,1-2,9-10H2,3H3. The average Bonchev–Trinajstić information content (AvgIpc) is 3.17. The molecule has 3 rings (SSSR count). The van der Waals surface area contributed by atoms with Crippen LogP contribution in [0.1, 0.15) is 12.0 Å². The Bertz CT molecular complexity index is 1210. The van der Waals surface area contributed by atoms with E-state index in [1.165, 1.54) is 18.2 Å². The Kier molecular flexibility index (Phi) is 7.20. The zero-order valence-electron chi connectivity index (χ0n) is 18.4. The Morgan fingerprint density at radius 3 is 2.32 bits per heavy atom. The molecular weight excluding hydrogens is 451 g/mol. The molecule has 0 aliphatic carbocycles. The highest BCUT2D eigenvalue weighted by molar-refractivity contribution is 5.92. The van der Waals surface area contributed by atoms with Gasteiger partial charge in [-0.2, -0.15) is 0 Å². The number of aliphatic hydroxyl groups is 4. The summed E-state index contributed by atoms with van der Waals surface area (Å²) in [7, 11) is 1.72. The third-order valence-corrected chi connectivity index (χ3v) is 5.56. The van der Waals surface area contributed by atoms with Crippen LogP contribution in [0.4, 0.5) is 13.2 Å². The minimum atomic E-state index is -3.53. The number of nitrogens with one attached hydrogen (secondary N) is 3. The number of fused-ring (bicyclic) bond motifs is 1. The number of H-pyrrole nitrogens is 1. The largest absolute Gasteiger partial charge is 0.378 e. The summed E-state index contributed by atoms with van der Waals surface area (Å²) in [5, 5.41) is 49.1. The van der Waals surface area contributed by atoms with E-state index in [0.29, 0.717) is 19.0 Å². The van der Waals surface area contributed by atoms with E-state index in [4.69, 9.17) is 0 Å². The molecular formula is C24H26F3N3O4.